The van der Waals surface area contributed by atoms with Crippen LogP contribution in [0.25, 0.3) is 10.9 Å². The number of hydrogen-bond acceptors (Lipinski definition) is 3. The number of fused-ring (bicyclic) bond motifs is 3. The molecule has 1 atom stereocenters. The lowest BCUT2D eigenvalue weighted by Crippen LogP contribution is -2.42. The quantitative estimate of drug-likeness (QED) is 0.473. The third-order valence-electron chi connectivity index (χ3n) is 5.25. The Hall–Kier alpha value is -1.67. The molecule has 1 aliphatic rings. The van der Waals surface area contributed by atoms with E-state index in [-0.39, 0.29) is 18.6 Å². The maximum atomic E-state index is 13.0. The molecule has 7 heteroatoms. The van der Waals surface area contributed by atoms with Crippen LogP contribution in [0.15, 0.2) is 51.4 Å². The first-order valence-electron chi connectivity index (χ1n) is 9.50. The van der Waals surface area contributed by atoms with Gasteiger partial charge in [-0.3, -0.25) is 4.79 Å². The molecular formula is C22H22Br2N2O3. The zero-order chi connectivity index (χ0) is 20.4. The van der Waals surface area contributed by atoms with Crippen molar-refractivity contribution in [3.05, 3.63) is 68.2 Å². The van der Waals surface area contributed by atoms with Gasteiger partial charge >= 0.3 is 0 Å². The molecule has 3 aromatic rings. The van der Waals surface area contributed by atoms with Gasteiger partial charge in [0.15, 0.2) is 0 Å². The number of benzene rings is 2. The van der Waals surface area contributed by atoms with Crippen LogP contribution in [0.3, 0.4) is 0 Å². The van der Waals surface area contributed by atoms with E-state index >= 15 is 0 Å². The highest BCUT2D eigenvalue weighted by Crippen LogP contribution is 2.39. The Balaban J connectivity index is 1.72. The number of amides is 1. The fourth-order valence-corrected chi connectivity index (χ4v) is 4.53. The van der Waals surface area contributed by atoms with Crippen LogP contribution < -0.4 is 0 Å². The molecule has 0 saturated carbocycles. The molecule has 29 heavy (non-hydrogen) atoms. The number of hydrogen-bond donors (Lipinski definition) is 1. The summed E-state index contributed by atoms with van der Waals surface area (Å²) in [5, 5.41) is 1.21. The lowest BCUT2D eigenvalue weighted by molar-refractivity contribution is -0.138. The van der Waals surface area contributed by atoms with Crippen LogP contribution in [0.2, 0.25) is 0 Å². The predicted molar refractivity (Wildman–Crippen MR) is 120 cm³/mol. The van der Waals surface area contributed by atoms with Crippen molar-refractivity contribution in [1.82, 2.24) is 9.88 Å². The molecule has 0 fully saturated rings. The number of aromatic amines is 1. The summed E-state index contributed by atoms with van der Waals surface area (Å²) in [6, 6.07) is 14.3. The van der Waals surface area contributed by atoms with Gasteiger partial charge in [0.2, 0.25) is 5.91 Å². The van der Waals surface area contributed by atoms with Crippen molar-refractivity contribution in [1.29, 1.82) is 0 Å². The van der Waals surface area contributed by atoms with E-state index in [4.69, 9.17) is 9.47 Å². The molecule has 1 aromatic heterocycles. The molecule has 0 aliphatic carbocycles. The number of halogens is 2. The van der Waals surface area contributed by atoms with E-state index in [0.717, 1.165) is 32.1 Å². The lowest BCUT2D eigenvalue weighted by Gasteiger charge is -2.36. The molecule has 0 radical (unpaired) electrons. The van der Waals surface area contributed by atoms with Crippen LogP contribution in [-0.4, -0.2) is 49.3 Å². The Labute approximate surface area is 186 Å². The molecule has 0 saturated heterocycles. The first-order valence-corrected chi connectivity index (χ1v) is 11.1. The smallest absolute Gasteiger partial charge is 0.249 e. The largest absolute Gasteiger partial charge is 0.382 e. The number of carbonyl (C=O) groups excluding carboxylic acids is 1. The van der Waals surface area contributed by atoms with Crippen molar-refractivity contribution in [2.45, 2.75) is 12.5 Å². The number of rotatable bonds is 6. The topological polar surface area (TPSA) is 54.6 Å². The number of carbonyl (C=O) groups is 1. The van der Waals surface area contributed by atoms with Gasteiger partial charge in [-0.1, -0.05) is 44.0 Å². The summed E-state index contributed by atoms with van der Waals surface area (Å²) in [6.07, 6.45) is 0.808. The van der Waals surface area contributed by atoms with Gasteiger partial charge < -0.3 is 19.4 Å². The number of ether oxygens (including phenoxy) is 2. The van der Waals surface area contributed by atoms with Crippen molar-refractivity contribution in [3.8, 4) is 0 Å². The fraction of sp³-hybridized carbons (Fsp3) is 0.318. The highest BCUT2D eigenvalue weighted by Gasteiger charge is 2.34. The molecule has 1 aliphatic heterocycles. The number of methoxy groups -OCH3 is 1. The zero-order valence-electron chi connectivity index (χ0n) is 16.1. The SMILES string of the molecule is COCCOCC(=O)N1CCc2c([nH]c3ccc(Br)cc23)C1c1ccc(Br)cc1. The maximum absolute atomic E-state index is 13.0. The number of nitrogens with one attached hydrogen (secondary N) is 1. The highest BCUT2D eigenvalue weighted by molar-refractivity contribution is 9.10. The minimum atomic E-state index is -0.170. The van der Waals surface area contributed by atoms with Crippen LogP contribution in [0, 0.1) is 0 Å². The zero-order valence-corrected chi connectivity index (χ0v) is 19.3. The normalized spacial score (nSPS) is 16.2. The minimum absolute atomic E-state index is 0.0143. The van der Waals surface area contributed by atoms with Gasteiger partial charge in [-0.2, -0.15) is 0 Å². The Morgan fingerprint density at radius 1 is 1.14 bits per heavy atom. The van der Waals surface area contributed by atoms with Gasteiger partial charge in [-0.15, -0.1) is 0 Å². The van der Waals surface area contributed by atoms with Gasteiger partial charge in [0.25, 0.3) is 0 Å². The standard InChI is InChI=1S/C22H22Br2N2O3/c1-28-10-11-29-13-20(27)26-9-8-17-18-12-16(24)6-7-19(18)25-21(17)22(26)14-2-4-15(23)5-3-14/h2-7,12,22,25H,8-11,13H2,1H3. The molecular weight excluding hydrogens is 500 g/mol. The number of H-pyrrole nitrogens is 1. The van der Waals surface area contributed by atoms with E-state index in [0.29, 0.717) is 19.8 Å². The first-order chi connectivity index (χ1) is 14.1. The molecule has 4 rings (SSSR count). The average Bonchev–Trinajstić information content (AvgIpc) is 3.09. The van der Waals surface area contributed by atoms with E-state index in [1.165, 1.54) is 10.9 Å². The van der Waals surface area contributed by atoms with E-state index in [9.17, 15) is 4.79 Å². The Morgan fingerprint density at radius 2 is 1.90 bits per heavy atom. The second kappa shape index (κ2) is 9.00. The molecule has 1 N–H and O–H groups in total. The van der Waals surface area contributed by atoms with E-state index < -0.39 is 0 Å². The van der Waals surface area contributed by atoms with Gasteiger partial charge in [0.05, 0.1) is 19.3 Å². The van der Waals surface area contributed by atoms with Gasteiger partial charge in [0.1, 0.15) is 6.61 Å². The molecule has 0 spiro atoms. The molecule has 1 amide bonds. The van der Waals surface area contributed by atoms with Crippen LogP contribution >= 0.6 is 31.9 Å². The van der Waals surface area contributed by atoms with Crippen LogP contribution in [0.5, 0.6) is 0 Å². The molecule has 2 aromatic carbocycles. The van der Waals surface area contributed by atoms with E-state index in [1.54, 1.807) is 7.11 Å². The van der Waals surface area contributed by atoms with E-state index in [1.807, 2.05) is 23.1 Å². The summed E-state index contributed by atoms with van der Waals surface area (Å²) >= 11 is 7.08. The minimum Gasteiger partial charge on any atom is -0.382 e. The Bertz CT molecular complexity index is 1020. The first kappa shape index (κ1) is 20.6. The predicted octanol–water partition coefficient (Wildman–Crippen LogP) is 4.83. The summed E-state index contributed by atoms with van der Waals surface area (Å²) in [5.41, 5.74) is 4.52. The summed E-state index contributed by atoms with van der Waals surface area (Å²) in [6.45, 7) is 1.59. The Kier molecular flexibility index (Phi) is 6.39. The molecule has 2 heterocycles. The van der Waals surface area contributed by atoms with Crippen LogP contribution in [0.4, 0.5) is 0 Å². The van der Waals surface area contributed by atoms with Crippen molar-refractivity contribution in [3.63, 3.8) is 0 Å². The summed E-state index contributed by atoms with van der Waals surface area (Å²) in [7, 11) is 1.62. The van der Waals surface area contributed by atoms with E-state index in [2.05, 4.69) is 61.1 Å². The third-order valence-corrected chi connectivity index (χ3v) is 6.27. The van der Waals surface area contributed by atoms with Gasteiger partial charge in [0, 0.05) is 39.2 Å². The Morgan fingerprint density at radius 3 is 2.66 bits per heavy atom. The second-order valence-corrected chi connectivity index (χ2v) is 8.88. The lowest BCUT2D eigenvalue weighted by atomic mass is 9.92. The van der Waals surface area contributed by atoms with Crippen molar-refractivity contribution in [2.24, 2.45) is 0 Å². The maximum Gasteiger partial charge on any atom is 0.249 e. The van der Waals surface area contributed by atoms with Gasteiger partial charge in [-0.25, -0.2) is 0 Å². The summed E-state index contributed by atoms with van der Waals surface area (Å²) in [5.74, 6) is -0.0143. The third kappa shape index (κ3) is 4.28. The molecule has 0 bridgehead atoms. The fourth-order valence-electron chi connectivity index (χ4n) is 3.91. The van der Waals surface area contributed by atoms with Crippen LogP contribution in [-0.2, 0) is 20.7 Å². The van der Waals surface area contributed by atoms with Crippen molar-refractivity contribution < 1.29 is 14.3 Å². The average molecular weight is 522 g/mol. The van der Waals surface area contributed by atoms with Crippen molar-refractivity contribution in [2.75, 3.05) is 33.5 Å². The number of nitrogens with zero attached hydrogens (tertiary/aromatic N) is 1. The number of aromatic nitrogens is 1. The second-order valence-electron chi connectivity index (χ2n) is 7.04. The van der Waals surface area contributed by atoms with Crippen LogP contribution in [0.1, 0.15) is 22.9 Å². The monoisotopic (exact) mass is 520 g/mol. The highest BCUT2D eigenvalue weighted by atomic mass is 79.9. The molecule has 5 nitrogen and oxygen atoms in total. The van der Waals surface area contributed by atoms with Gasteiger partial charge in [-0.05, 0) is 47.9 Å². The van der Waals surface area contributed by atoms with Crippen molar-refractivity contribution >= 4 is 48.7 Å². The summed E-state index contributed by atoms with van der Waals surface area (Å²) < 4.78 is 12.6. The molecule has 152 valence electrons. The summed E-state index contributed by atoms with van der Waals surface area (Å²) in [4.78, 5) is 18.5. The molecule has 1 unspecified atom stereocenters.